The lowest BCUT2D eigenvalue weighted by Gasteiger charge is -2.21. The van der Waals surface area contributed by atoms with E-state index < -0.39 is 0 Å². The molecule has 3 aromatic rings. The second-order valence-electron chi connectivity index (χ2n) is 4.70. The molecule has 0 amide bonds. The molecule has 5 nitrogen and oxygen atoms in total. The highest BCUT2D eigenvalue weighted by molar-refractivity contribution is 9.10. The molecule has 0 bridgehead atoms. The Hall–Kier alpha value is -2.34. The summed E-state index contributed by atoms with van der Waals surface area (Å²) in [6.45, 7) is 0. The van der Waals surface area contributed by atoms with Gasteiger partial charge in [-0.3, -0.25) is 0 Å². The molecule has 0 fully saturated rings. The first-order chi connectivity index (χ1) is 10.8. The van der Waals surface area contributed by atoms with Crippen molar-refractivity contribution in [1.29, 1.82) is 0 Å². The van der Waals surface area contributed by atoms with Gasteiger partial charge in [-0.1, -0.05) is 12.1 Å². The number of pyridine rings is 1. The van der Waals surface area contributed by atoms with Gasteiger partial charge in [-0.2, -0.15) is 0 Å². The lowest BCUT2D eigenvalue weighted by atomic mass is 10.1. The maximum atomic E-state index is 5.31. The van der Waals surface area contributed by atoms with Crippen molar-refractivity contribution in [2.75, 3.05) is 12.4 Å². The molecule has 3 rings (SSSR count). The number of ether oxygens (including phenoxy) is 1. The number of methoxy groups -OCH3 is 1. The number of halogens is 1. The molecule has 0 saturated carbocycles. The fourth-order valence-corrected chi connectivity index (χ4v) is 2.40. The summed E-state index contributed by atoms with van der Waals surface area (Å²) in [5.74, 6) is 1.60. The molecule has 0 radical (unpaired) electrons. The molecule has 1 N–H and O–H groups in total. The minimum Gasteiger partial charge on any atom is -0.497 e. The summed E-state index contributed by atoms with van der Waals surface area (Å²) in [6, 6.07) is 11.8. The van der Waals surface area contributed by atoms with Gasteiger partial charge in [0.2, 0.25) is 0 Å². The number of hydrogen-bond donors (Lipinski definition) is 1. The molecular formula is C16H15BrN4O. The van der Waals surface area contributed by atoms with Crippen molar-refractivity contribution in [3.05, 3.63) is 71.4 Å². The van der Waals surface area contributed by atoms with Crippen LogP contribution in [-0.4, -0.2) is 21.6 Å². The van der Waals surface area contributed by atoms with Crippen LogP contribution in [0.3, 0.4) is 0 Å². The van der Waals surface area contributed by atoms with E-state index in [1.165, 1.54) is 0 Å². The Kier molecular flexibility index (Phi) is 4.39. The SMILES string of the molecule is COc1cccc(C(Nc2ccc(Br)cn2)n2ccnc2)c1. The van der Waals surface area contributed by atoms with Gasteiger partial charge in [-0.05, 0) is 45.8 Å². The molecule has 1 atom stereocenters. The zero-order valence-corrected chi connectivity index (χ0v) is 13.6. The summed E-state index contributed by atoms with van der Waals surface area (Å²) in [4.78, 5) is 8.50. The first kappa shape index (κ1) is 14.6. The fraction of sp³-hybridized carbons (Fsp3) is 0.125. The number of nitrogens with one attached hydrogen (secondary N) is 1. The molecular weight excluding hydrogens is 344 g/mol. The Morgan fingerprint density at radius 3 is 2.86 bits per heavy atom. The van der Waals surface area contributed by atoms with E-state index in [0.717, 1.165) is 21.6 Å². The Balaban J connectivity index is 1.95. The molecule has 112 valence electrons. The van der Waals surface area contributed by atoms with Crippen LogP contribution in [0.5, 0.6) is 5.75 Å². The molecule has 2 heterocycles. The number of imidazole rings is 1. The normalized spacial score (nSPS) is 11.9. The van der Waals surface area contributed by atoms with E-state index in [1.807, 2.05) is 47.2 Å². The van der Waals surface area contributed by atoms with Crippen LogP contribution in [0.2, 0.25) is 0 Å². The largest absolute Gasteiger partial charge is 0.497 e. The van der Waals surface area contributed by atoms with Crippen LogP contribution < -0.4 is 10.1 Å². The maximum Gasteiger partial charge on any atom is 0.132 e. The van der Waals surface area contributed by atoms with E-state index in [4.69, 9.17) is 4.74 Å². The first-order valence-electron chi connectivity index (χ1n) is 6.76. The number of anilines is 1. The van der Waals surface area contributed by atoms with Gasteiger partial charge in [0.1, 0.15) is 17.7 Å². The van der Waals surface area contributed by atoms with Crippen molar-refractivity contribution in [2.45, 2.75) is 6.17 Å². The third kappa shape index (κ3) is 3.28. The number of rotatable bonds is 5. The zero-order chi connectivity index (χ0) is 15.4. The third-order valence-corrected chi connectivity index (χ3v) is 3.71. The van der Waals surface area contributed by atoms with Crippen LogP contribution in [0.4, 0.5) is 5.82 Å². The summed E-state index contributed by atoms with van der Waals surface area (Å²) < 4.78 is 8.24. The highest BCUT2D eigenvalue weighted by atomic mass is 79.9. The van der Waals surface area contributed by atoms with E-state index in [0.29, 0.717) is 0 Å². The van der Waals surface area contributed by atoms with Crippen molar-refractivity contribution in [3.8, 4) is 5.75 Å². The summed E-state index contributed by atoms with van der Waals surface area (Å²) in [5.41, 5.74) is 1.06. The van der Waals surface area contributed by atoms with Gasteiger partial charge < -0.3 is 14.6 Å². The van der Waals surface area contributed by atoms with Crippen LogP contribution in [0.15, 0.2) is 65.8 Å². The van der Waals surface area contributed by atoms with E-state index in [-0.39, 0.29) is 6.17 Å². The van der Waals surface area contributed by atoms with E-state index >= 15 is 0 Å². The zero-order valence-electron chi connectivity index (χ0n) is 12.0. The number of hydrogen-bond acceptors (Lipinski definition) is 4. The molecule has 0 spiro atoms. The van der Waals surface area contributed by atoms with Crippen LogP contribution >= 0.6 is 15.9 Å². The van der Waals surface area contributed by atoms with Gasteiger partial charge in [0.25, 0.3) is 0 Å². The summed E-state index contributed by atoms with van der Waals surface area (Å²) in [7, 11) is 1.66. The average molecular weight is 359 g/mol. The Bertz CT molecular complexity index is 728. The van der Waals surface area contributed by atoms with Gasteiger partial charge in [0.15, 0.2) is 0 Å². The van der Waals surface area contributed by atoms with Gasteiger partial charge in [-0.15, -0.1) is 0 Å². The highest BCUT2D eigenvalue weighted by Crippen LogP contribution is 2.24. The Morgan fingerprint density at radius 1 is 1.27 bits per heavy atom. The van der Waals surface area contributed by atoms with Crippen molar-refractivity contribution in [2.24, 2.45) is 0 Å². The molecule has 2 aromatic heterocycles. The number of benzene rings is 1. The van der Waals surface area contributed by atoms with Crippen molar-refractivity contribution in [1.82, 2.24) is 14.5 Å². The molecule has 0 aliphatic rings. The van der Waals surface area contributed by atoms with Gasteiger partial charge in [0, 0.05) is 23.1 Å². The molecule has 1 aromatic carbocycles. The second-order valence-corrected chi connectivity index (χ2v) is 5.61. The summed E-state index contributed by atoms with van der Waals surface area (Å²) >= 11 is 3.39. The smallest absolute Gasteiger partial charge is 0.132 e. The Labute approximate surface area is 137 Å². The quantitative estimate of drug-likeness (QED) is 0.755. The molecule has 22 heavy (non-hydrogen) atoms. The van der Waals surface area contributed by atoms with E-state index in [1.54, 1.807) is 25.8 Å². The Morgan fingerprint density at radius 2 is 2.18 bits per heavy atom. The number of aromatic nitrogens is 3. The van der Waals surface area contributed by atoms with Crippen molar-refractivity contribution in [3.63, 3.8) is 0 Å². The minimum atomic E-state index is -0.119. The fourth-order valence-electron chi connectivity index (χ4n) is 2.17. The number of nitrogens with zero attached hydrogens (tertiary/aromatic N) is 3. The second kappa shape index (κ2) is 6.62. The van der Waals surface area contributed by atoms with Crippen LogP contribution in [0, 0.1) is 0 Å². The minimum absolute atomic E-state index is 0.119. The molecule has 0 saturated heterocycles. The molecule has 1 unspecified atom stereocenters. The van der Waals surface area contributed by atoms with Gasteiger partial charge >= 0.3 is 0 Å². The standard InChI is InChI=1S/C16H15BrN4O/c1-22-14-4-2-3-12(9-14)16(21-8-7-18-11-21)20-15-6-5-13(17)10-19-15/h2-11,16H,1H3,(H,19,20). The molecule has 0 aliphatic carbocycles. The summed E-state index contributed by atoms with van der Waals surface area (Å²) in [6.07, 6.45) is 7.08. The predicted molar refractivity (Wildman–Crippen MR) is 88.9 cm³/mol. The van der Waals surface area contributed by atoms with E-state index in [9.17, 15) is 0 Å². The van der Waals surface area contributed by atoms with Crippen LogP contribution in [0.25, 0.3) is 0 Å². The lowest BCUT2D eigenvalue weighted by Crippen LogP contribution is -2.19. The first-order valence-corrected chi connectivity index (χ1v) is 7.55. The average Bonchev–Trinajstić information content (AvgIpc) is 3.08. The van der Waals surface area contributed by atoms with Crippen molar-refractivity contribution >= 4 is 21.7 Å². The van der Waals surface area contributed by atoms with Gasteiger partial charge in [0.05, 0.1) is 13.4 Å². The lowest BCUT2D eigenvalue weighted by molar-refractivity contribution is 0.413. The predicted octanol–water partition coefficient (Wildman–Crippen LogP) is 3.71. The third-order valence-electron chi connectivity index (χ3n) is 3.24. The van der Waals surface area contributed by atoms with E-state index in [2.05, 4.69) is 31.2 Å². The van der Waals surface area contributed by atoms with Crippen LogP contribution in [0.1, 0.15) is 11.7 Å². The maximum absolute atomic E-state index is 5.31. The van der Waals surface area contributed by atoms with Gasteiger partial charge in [-0.25, -0.2) is 9.97 Å². The molecule has 0 aliphatic heterocycles. The molecule has 6 heteroatoms. The summed E-state index contributed by atoms with van der Waals surface area (Å²) in [5, 5.41) is 3.41. The van der Waals surface area contributed by atoms with Crippen molar-refractivity contribution < 1.29 is 4.74 Å². The van der Waals surface area contributed by atoms with Crippen LogP contribution in [-0.2, 0) is 0 Å². The highest BCUT2D eigenvalue weighted by Gasteiger charge is 2.14. The monoisotopic (exact) mass is 358 g/mol. The topological polar surface area (TPSA) is 52.0 Å².